The van der Waals surface area contributed by atoms with Crippen molar-refractivity contribution in [2.45, 2.75) is 38.3 Å². The molecule has 0 bridgehead atoms. The number of aliphatic hydroxyl groups is 1. The molecule has 0 amide bonds. The van der Waals surface area contributed by atoms with Gasteiger partial charge >= 0.3 is 0 Å². The van der Waals surface area contributed by atoms with Crippen molar-refractivity contribution in [2.75, 3.05) is 6.61 Å². The summed E-state index contributed by atoms with van der Waals surface area (Å²) in [7, 11) is -3.62. The summed E-state index contributed by atoms with van der Waals surface area (Å²) >= 11 is 0. The quantitative estimate of drug-likeness (QED) is 0.691. The molecule has 1 atom stereocenters. The van der Waals surface area contributed by atoms with Gasteiger partial charge < -0.3 is 10.1 Å². The Hall–Kier alpha value is -0.920. The lowest BCUT2D eigenvalue weighted by molar-refractivity contribution is 0.240. The van der Waals surface area contributed by atoms with Crippen LogP contribution in [0.4, 0.5) is 0 Å². The topological polar surface area (TPSA) is 95.1 Å². The van der Waals surface area contributed by atoms with Crippen molar-refractivity contribution in [3.63, 3.8) is 0 Å². The van der Waals surface area contributed by atoms with Crippen LogP contribution in [-0.4, -0.2) is 36.1 Å². The molecule has 6 nitrogen and oxygen atoms in total. The maximum atomic E-state index is 11.9. The van der Waals surface area contributed by atoms with Gasteiger partial charge in [0.2, 0.25) is 0 Å². The number of aryl methyl sites for hydroxylation is 1. The third-order valence-electron chi connectivity index (χ3n) is 2.27. The van der Waals surface area contributed by atoms with Crippen molar-refractivity contribution in [1.82, 2.24) is 14.7 Å². The van der Waals surface area contributed by atoms with E-state index in [2.05, 4.69) is 14.7 Å². The minimum absolute atomic E-state index is 0.0252. The molecule has 0 aliphatic rings. The Bertz CT molecular complexity index is 453. The van der Waals surface area contributed by atoms with E-state index in [-0.39, 0.29) is 11.6 Å². The van der Waals surface area contributed by atoms with Crippen LogP contribution >= 0.6 is 0 Å². The van der Waals surface area contributed by atoms with E-state index in [9.17, 15) is 8.42 Å². The normalized spacial score (nSPS) is 14.2. The van der Waals surface area contributed by atoms with Gasteiger partial charge in [-0.05, 0) is 19.3 Å². The molecule has 17 heavy (non-hydrogen) atoms. The van der Waals surface area contributed by atoms with Crippen LogP contribution in [-0.2, 0) is 10.0 Å². The Kier molecular flexibility index (Phi) is 4.67. The van der Waals surface area contributed by atoms with Gasteiger partial charge in [0.1, 0.15) is 5.82 Å². The molecule has 0 aromatic carbocycles. The monoisotopic (exact) mass is 261 g/mol. The fourth-order valence-corrected chi connectivity index (χ4v) is 2.76. The van der Waals surface area contributed by atoms with Gasteiger partial charge in [0, 0.05) is 6.04 Å². The van der Waals surface area contributed by atoms with Crippen LogP contribution in [0.15, 0.2) is 11.2 Å². The summed E-state index contributed by atoms with van der Waals surface area (Å²) in [6, 6.07) is -0.469. The lowest BCUT2D eigenvalue weighted by atomic mass is 10.1. The molecular formula is C10H19N3O3S. The number of aromatic amines is 1. The average molecular weight is 261 g/mol. The maximum absolute atomic E-state index is 11.9. The predicted molar refractivity (Wildman–Crippen MR) is 64.0 cm³/mol. The van der Waals surface area contributed by atoms with Crippen molar-refractivity contribution in [2.24, 2.45) is 5.92 Å². The molecule has 0 spiro atoms. The summed E-state index contributed by atoms with van der Waals surface area (Å²) in [5.74, 6) is 0.841. The molecule has 1 heterocycles. The first-order chi connectivity index (χ1) is 7.85. The average Bonchev–Trinajstić information content (AvgIpc) is 2.63. The molecule has 1 unspecified atom stereocenters. The number of hydrogen-bond donors (Lipinski definition) is 3. The number of aliphatic hydroxyl groups excluding tert-OH is 1. The number of imidazole rings is 1. The lowest BCUT2D eigenvalue weighted by Crippen LogP contribution is -2.38. The third-order valence-corrected chi connectivity index (χ3v) is 3.70. The van der Waals surface area contributed by atoms with Gasteiger partial charge in [-0.25, -0.2) is 18.1 Å². The first kappa shape index (κ1) is 14.1. The second-order valence-electron chi connectivity index (χ2n) is 4.46. The zero-order valence-corrected chi connectivity index (χ0v) is 11.1. The molecule has 0 aliphatic heterocycles. The van der Waals surface area contributed by atoms with E-state index in [0.717, 1.165) is 0 Å². The van der Waals surface area contributed by atoms with Crippen LogP contribution in [0.25, 0.3) is 0 Å². The molecule has 0 radical (unpaired) electrons. The molecule has 1 aromatic rings. The number of aromatic nitrogens is 2. The largest absolute Gasteiger partial charge is 0.395 e. The van der Waals surface area contributed by atoms with Crippen LogP contribution in [0.2, 0.25) is 0 Å². The highest BCUT2D eigenvalue weighted by atomic mass is 32.2. The summed E-state index contributed by atoms with van der Waals surface area (Å²) in [5, 5.41) is 9.16. The Morgan fingerprint density at radius 1 is 1.53 bits per heavy atom. The van der Waals surface area contributed by atoms with Gasteiger partial charge in [0.05, 0.1) is 12.8 Å². The van der Waals surface area contributed by atoms with E-state index in [1.54, 1.807) is 6.92 Å². The first-order valence-corrected chi connectivity index (χ1v) is 6.98. The number of nitrogens with one attached hydrogen (secondary N) is 2. The van der Waals surface area contributed by atoms with Gasteiger partial charge in [0.25, 0.3) is 10.0 Å². The second-order valence-corrected chi connectivity index (χ2v) is 6.15. The van der Waals surface area contributed by atoms with Gasteiger partial charge in [-0.3, -0.25) is 0 Å². The van der Waals surface area contributed by atoms with Crippen LogP contribution in [0.3, 0.4) is 0 Å². The highest BCUT2D eigenvalue weighted by Crippen LogP contribution is 2.10. The van der Waals surface area contributed by atoms with Crippen molar-refractivity contribution < 1.29 is 13.5 Å². The van der Waals surface area contributed by atoms with E-state index in [1.165, 1.54) is 6.20 Å². The Morgan fingerprint density at radius 2 is 2.18 bits per heavy atom. The molecule has 0 aliphatic carbocycles. The predicted octanol–water partition coefficient (Wildman–Crippen LogP) is 0.403. The summed E-state index contributed by atoms with van der Waals surface area (Å²) in [6.45, 7) is 5.40. The van der Waals surface area contributed by atoms with Crippen LogP contribution in [0.1, 0.15) is 26.1 Å². The molecule has 0 saturated carbocycles. The highest BCUT2D eigenvalue weighted by Gasteiger charge is 2.21. The third kappa shape index (κ3) is 4.10. The molecular weight excluding hydrogens is 242 g/mol. The lowest BCUT2D eigenvalue weighted by Gasteiger charge is -2.17. The highest BCUT2D eigenvalue weighted by molar-refractivity contribution is 7.89. The summed E-state index contributed by atoms with van der Waals surface area (Å²) in [6.07, 6.45) is 1.85. The molecule has 1 rings (SSSR count). The fraction of sp³-hybridized carbons (Fsp3) is 0.700. The Balaban J connectivity index is 2.78. The van der Waals surface area contributed by atoms with Gasteiger partial charge in [-0.2, -0.15) is 0 Å². The van der Waals surface area contributed by atoms with Gasteiger partial charge in [-0.15, -0.1) is 0 Å². The summed E-state index contributed by atoms with van der Waals surface area (Å²) in [5.41, 5.74) is 0. The molecule has 7 heteroatoms. The molecule has 1 aromatic heterocycles. The fourth-order valence-electron chi connectivity index (χ4n) is 1.55. The van der Waals surface area contributed by atoms with E-state index >= 15 is 0 Å². The van der Waals surface area contributed by atoms with Crippen molar-refractivity contribution in [3.8, 4) is 0 Å². The number of nitrogens with zero attached hydrogens (tertiary/aromatic N) is 1. The summed E-state index contributed by atoms with van der Waals surface area (Å²) in [4.78, 5) is 6.50. The molecule has 0 fully saturated rings. The van der Waals surface area contributed by atoms with E-state index in [0.29, 0.717) is 18.2 Å². The van der Waals surface area contributed by atoms with E-state index in [1.807, 2.05) is 13.8 Å². The summed E-state index contributed by atoms with van der Waals surface area (Å²) < 4.78 is 26.3. The second kappa shape index (κ2) is 5.61. The maximum Gasteiger partial charge on any atom is 0.257 e. The number of hydrogen-bond acceptors (Lipinski definition) is 4. The molecule has 0 saturated heterocycles. The smallest absolute Gasteiger partial charge is 0.257 e. The van der Waals surface area contributed by atoms with Crippen molar-refractivity contribution in [3.05, 3.63) is 12.0 Å². The van der Waals surface area contributed by atoms with Crippen LogP contribution in [0, 0.1) is 12.8 Å². The first-order valence-electron chi connectivity index (χ1n) is 5.50. The van der Waals surface area contributed by atoms with Crippen molar-refractivity contribution >= 4 is 10.0 Å². The van der Waals surface area contributed by atoms with E-state index < -0.39 is 16.1 Å². The van der Waals surface area contributed by atoms with Gasteiger partial charge in [-0.1, -0.05) is 13.8 Å². The Morgan fingerprint density at radius 3 is 2.59 bits per heavy atom. The number of rotatable bonds is 6. The van der Waals surface area contributed by atoms with Crippen molar-refractivity contribution in [1.29, 1.82) is 0 Å². The zero-order valence-electron chi connectivity index (χ0n) is 10.3. The van der Waals surface area contributed by atoms with Crippen LogP contribution in [0.5, 0.6) is 0 Å². The number of sulfonamides is 1. The van der Waals surface area contributed by atoms with E-state index in [4.69, 9.17) is 5.11 Å². The molecule has 98 valence electrons. The Labute approximate surface area is 102 Å². The molecule has 3 N–H and O–H groups in total. The van der Waals surface area contributed by atoms with Crippen LogP contribution < -0.4 is 4.72 Å². The standard InChI is InChI=1S/C10H19N3O3S/c1-7(2)4-9(6-14)13-17(15,16)10-5-11-8(3)12-10/h5,7,9,13-14H,4,6H2,1-3H3,(H,11,12). The minimum Gasteiger partial charge on any atom is -0.395 e. The zero-order chi connectivity index (χ0) is 13.1. The van der Waals surface area contributed by atoms with Gasteiger partial charge in [0.15, 0.2) is 5.03 Å². The SMILES string of the molecule is Cc1ncc(S(=O)(=O)NC(CO)CC(C)C)[nH]1. The minimum atomic E-state index is -3.62. The number of H-pyrrole nitrogens is 1.